The molecule has 0 fully saturated rings. The van der Waals surface area contributed by atoms with Crippen molar-refractivity contribution in [1.29, 1.82) is 0 Å². The van der Waals surface area contributed by atoms with E-state index in [1.54, 1.807) is 0 Å². The van der Waals surface area contributed by atoms with Crippen LogP contribution in [-0.4, -0.2) is 44.1 Å². The van der Waals surface area contributed by atoms with E-state index < -0.39 is 0 Å². The first-order chi connectivity index (χ1) is 11.9. The van der Waals surface area contributed by atoms with Gasteiger partial charge in [-0.1, -0.05) is 26.0 Å². The average Bonchev–Trinajstić information content (AvgIpc) is 2.58. The highest BCUT2D eigenvalue weighted by atomic mass is 79.9. The fraction of sp³-hybridized carbons (Fsp3) is 0.556. The highest BCUT2D eigenvalue weighted by molar-refractivity contribution is 9.10. The topological polar surface area (TPSA) is 74.8 Å². The van der Waals surface area contributed by atoms with Crippen LogP contribution in [0.3, 0.4) is 0 Å². The number of carbonyl (C=O) groups excluding carboxylic acids is 1. The highest BCUT2D eigenvalue weighted by Crippen LogP contribution is 2.24. The summed E-state index contributed by atoms with van der Waals surface area (Å²) in [5.74, 6) is 1.57. The number of aliphatic imine (C=N–C) groups is 1. The van der Waals surface area contributed by atoms with E-state index in [0.717, 1.165) is 16.8 Å². The van der Waals surface area contributed by atoms with Gasteiger partial charge in [0.2, 0.25) is 5.91 Å². The van der Waals surface area contributed by atoms with Crippen LogP contribution in [0.15, 0.2) is 33.7 Å². The van der Waals surface area contributed by atoms with Gasteiger partial charge in [-0.05, 0) is 41.9 Å². The van der Waals surface area contributed by atoms with Gasteiger partial charge in [-0.15, -0.1) is 0 Å². The minimum Gasteiger partial charge on any atom is -0.488 e. The molecule has 0 saturated heterocycles. The minimum absolute atomic E-state index is 0.00258. The lowest BCUT2D eigenvalue weighted by Gasteiger charge is -2.16. The van der Waals surface area contributed by atoms with Crippen LogP contribution in [0.2, 0.25) is 0 Å². The van der Waals surface area contributed by atoms with Crippen molar-refractivity contribution in [3.8, 4) is 5.75 Å². The number of para-hydroxylation sites is 1. The Labute approximate surface area is 158 Å². The van der Waals surface area contributed by atoms with Gasteiger partial charge in [0.05, 0.1) is 11.0 Å². The molecule has 0 radical (unpaired) electrons. The number of ether oxygens (including phenoxy) is 1. The van der Waals surface area contributed by atoms with Crippen LogP contribution >= 0.6 is 15.9 Å². The SMILES string of the molecule is CCNC(=NCC(C)Oc1ccccc1Br)NCCNC(=O)C(C)C. The third-order valence-corrected chi connectivity index (χ3v) is 3.91. The molecule has 0 aliphatic rings. The normalized spacial score (nSPS) is 12.6. The highest BCUT2D eigenvalue weighted by Gasteiger charge is 2.08. The molecule has 0 aliphatic heterocycles. The van der Waals surface area contributed by atoms with E-state index in [1.165, 1.54) is 0 Å². The minimum atomic E-state index is -0.0604. The first kappa shape index (κ1) is 21.3. The monoisotopic (exact) mass is 412 g/mol. The van der Waals surface area contributed by atoms with Crippen LogP contribution < -0.4 is 20.7 Å². The van der Waals surface area contributed by atoms with E-state index in [1.807, 2.05) is 52.0 Å². The van der Waals surface area contributed by atoms with Crippen LogP contribution in [0.25, 0.3) is 0 Å². The fourth-order valence-corrected chi connectivity index (χ4v) is 2.30. The largest absolute Gasteiger partial charge is 0.488 e. The Morgan fingerprint density at radius 3 is 2.48 bits per heavy atom. The van der Waals surface area contributed by atoms with E-state index in [-0.39, 0.29) is 17.9 Å². The molecule has 1 atom stereocenters. The standard InChI is InChI=1S/C18H29BrN4O2/c1-5-20-18(22-11-10-21-17(24)13(2)3)23-12-14(4)25-16-9-7-6-8-15(16)19/h6-9,13-14H,5,10-12H2,1-4H3,(H,21,24)(H2,20,22,23). The van der Waals surface area contributed by atoms with Crippen molar-refractivity contribution in [2.75, 3.05) is 26.2 Å². The zero-order valence-electron chi connectivity index (χ0n) is 15.4. The molecule has 0 aliphatic carbocycles. The predicted molar refractivity (Wildman–Crippen MR) is 106 cm³/mol. The summed E-state index contributed by atoms with van der Waals surface area (Å²) in [5.41, 5.74) is 0. The molecule has 1 amide bonds. The van der Waals surface area contributed by atoms with Gasteiger partial charge in [0.25, 0.3) is 0 Å². The van der Waals surface area contributed by atoms with Gasteiger partial charge < -0.3 is 20.7 Å². The predicted octanol–water partition coefficient (Wildman–Crippen LogP) is 2.54. The van der Waals surface area contributed by atoms with Gasteiger partial charge in [0, 0.05) is 25.6 Å². The number of benzene rings is 1. The first-order valence-corrected chi connectivity index (χ1v) is 9.44. The Morgan fingerprint density at radius 1 is 1.16 bits per heavy atom. The van der Waals surface area contributed by atoms with Crippen LogP contribution in [0.1, 0.15) is 27.7 Å². The molecule has 1 aromatic carbocycles. The van der Waals surface area contributed by atoms with Gasteiger partial charge in [-0.2, -0.15) is 0 Å². The zero-order valence-corrected chi connectivity index (χ0v) is 17.0. The van der Waals surface area contributed by atoms with E-state index in [0.29, 0.717) is 25.6 Å². The number of hydrogen-bond donors (Lipinski definition) is 3. The lowest BCUT2D eigenvalue weighted by atomic mass is 10.2. The number of carbonyl (C=O) groups is 1. The molecule has 7 heteroatoms. The van der Waals surface area contributed by atoms with E-state index in [2.05, 4.69) is 36.9 Å². The van der Waals surface area contributed by atoms with Crippen molar-refractivity contribution in [3.63, 3.8) is 0 Å². The summed E-state index contributed by atoms with van der Waals surface area (Å²) in [6.07, 6.45) is -0.0604. The van der Waals surface area contributed by atoms with Gasteiger partial charge in [-0.25, -0.2) is 4.99 Å². The van der Waals surface area contributed by atoms with Crippen LogP contribution in [0.5, 0.6) is 5.75 Å². The number of amides is 1. The van der Waals surface area contributed by atoms with Crippen molar-refractivity contribution in [3.05, 3.63) is 28.7 Å². The second-order valence-electron chi connectivity index (χ2n) is 5.95. The fourth-order valence-electron chi connectivity index (χ4n) is 1.93. The molecule has 1 rings (SSSR count). The van der Waals surface area contributed by atoms with E-state index >= 15 is 0 Å². The van der Waals surface area contributed by atoms with Crippen molar-refractivity contribution in [2.24, 2.45) is 10.9 Å². The third kappa shape index (κ3) is 8.77. The first-order valence-electron chi connectivity index (χ1n) is 8.65. The Kier molecular flexibility index (Phi) is 9.99. The Balaban J connectivity index is 2.43. The molecule has 6 nitrogen and oxygen atoms in total. The Hall–Kier alpha value is -1.76. The lowest BCUT2D eigenvalue weighted by Crippen LogP contribution is -2.42. The second-order valence-corrected chi connectivity index (χ2v) is 6.81. The maximum absolute atomic E-state index is 11.5. The molecule has 3 N–H and O–H groups in total. The third-order valence-electron chi connectivity index (χ3n) is 3.26. The number of halogens is 1. The number of nitrogens with one attached hydrogen (secondary N) is 3. The maximum Gasteiger partial charge on any atom is 0.222 e. The van der Waals surface area contributed by atoms with Crippen molar-refractivity contribution < 1.29 is 9.53 Å². The smallest absolute Gasteiger partial charge is 0.222 e. The van der Waals surface area contributed by atoms with Crippen LogP contribution in [0, 0.1) is 5.92 Å². The Bertz CT molecular complexity index is 564. The summed E-state index contributed by atoms with van der Waals surface area (Å²) in [5, 5.41) is 9.26. The molecule has 140 valence electrons. The molecular formula is C18H29BrN4O2. The van der Waals surface area contributed by atoms with Crippen molar-refractivity contribution in [1.82, 2.24) is 16.0 Å². The van der Waals surface area contributed by atoms with Gasteiger partial charge in [-0.3, -0.25) is 4.79 Å². The second kappa shape index (κ2) is 11.7. The van der Waals surface area contributed by atoms with Gasteiger partial charge in [0.15, 0.2) is 5.96 Å². The van der Waals surface area contributed by atoms with E-state index in [4.69, 9.17) is 4.74 Å². The molecule has 1 aromatic rings. The molecule has 0 saturated carbocycles. The zero-order chi connectivity index (χ0) is 18.7. The molecule has 25 heavy (non-hydrogen) atoms. The number of nitrogens with zero attached hydrogens (tertiary/aromatic N) is 1. The summed E-state index contributed by atoms with van der Waals surface area (Å²) in [6, 6.07) is 7.76. The van der Waals surface area contributed by atoms with Gasteiger partial charge in [0.1, 0.15) is 11.9 Å². The average molecular weight is 413 g/mol. The number of guanidine groups is 1. The molecule has 0 spiro atoms. The van der Waals surface area contributed by atoms with E-state index in [9.17, 15) is 4.79 Å². The summed E-state index contributed by atoms with van der Waals surface area (Å²) in [7, 11) is 0. The lowest BCUT2D eigenvalue weighted by molar-refractivity contribution is -0.123. The van der Waals surface area contributed by atoms with Crippen LogP contribution in [0.4, 0.5) is 0 Å². The Morgan fingerprint density at radius 2 is 1.84 bits per heavy atom. The quantitative estimate of drug-likeness (QED) is 0.331. The summed E-state index contributed by atoms with van der Waals surface area (Å²) >= 11 is 3.47. The number of hydrogen-bond acceptors (Lipinski definition) is 3. The van der Waals surface area contributed by atoms with Crippen LogP contribution in [-0.2, 0) is 4.79 Å². The molecule has 0 heterocycles. The van der Waals surface area contributed by atoms with Gasteiger partial charge >= 0.3 is 0 Å². The van der Waals surface area contributed by atoms with Crippen molar-refractivity contribution >= 4 is 27.8 Å². The molecule has 1 unspecified atom stereocenters. The summed E-state index contributed by atoms with van der Waals surface area (Å²) in [4.78, 5) is 16.1. The molecule has 0 aromatic heterocycles. The van der Waals surface area contributed by atoms with Crippen molar-refractivity contribution in [2.45, 2.75) is 33.8 Å². The molecular weight excluding hydrogens is 384 g/mol. The summed E-state index contributed by atoms with van der Waals surface area (Å²) in [6.45, 7) is 10.2. The molecule has 0 bridgehead atoms. The number of rotatable bonds is 9. The maximum atomic E-state index is 11.5. The summed E-state index contributed by atoms with van der Waals surface area (Å²) < 4.78 is 6.82.